The normalized spacial score (nSPS) is 10.6. The van der Waals surface area contributed by atoms with Gasteiger partial charge in [0.05, 0.1) is 13.0 Å². The second-order valence-corrected chi connectivity index (χ2v) is 4.88. The second-order valence-electron chi connectivity index (χ2n) is 4.88. The standard InChI is InChI=1S/C16H25NO2/c1-5-14(6-2)17-16(18)10-11-19-15-9-7-8-12(3)13(15)4/h7-9,14H,5-6,10-11H2,1-4H3,(H,17,18). The van der Waals surface area contributed by atoms with Crippen molar-refractivity contribution in [3.05, 3.63) is 29.3 Å². The summed E-state index contributed by atoms with van der Waals surface area (Å²) in [7, 11) is 0. The van der Waals surface area contributed by atoms with E-state index in [2.05, 4.69) is 32.2 Å². The quantitative estimate of drug-likeness (QED) is 0.819. The first-order valence-corrected chi connectivity index (χ1v) is 7.06. The molecule has 0 fully saturated rings. The van der Waals surface area contributed by atoms with Gasteiger partial charge < -0.3 is 10.1 Å². The monoisotopic (exact) mass is 263 g/mol. The summed E-state index contributed by atoms with van der Waals surface area (Å²) in [6.45, 7) is 8.69. The Balaban J connectivity index is 2.38. The molecule has 0 radical (unpaired) electrons. The Bertz CT molecular complexity index is 411. The molecule has 1 N–H and O–H groups in total. The minimum Gasteiger partial charge on any atom is -0.493 e. The lowest BCUT2D eigenvalue weighted by Crippen LogP contribution is -2.34. The van der Waals surface area contributed by atoms with Gasteiger partial charge in [0.15, 0.2) is 0 Å². The zero-order valence-electron chi connectivity index (χ0n) is 12.5. The first-order chi connectivity index (χ1) is 9.08. The fraction of sp³-hybridized carbons (Fsp3) is 0.562. The molecular formula is C16H25NO2. The van der Waals surface area contributed by atoms with E-state index >= 15 is 0 Å². The fourth-order valence-electron chi connectivity index (χ4n) is 1.93. The zero-order valence-corrected chi connectivity index (χ0v) is 12.5. The number of benzene rings is 1. The summed E-state index contributed by atoms with van der Waals surface area (Å²) in [5.41, 5.74) is 2.35. The molecule has 19 heavy (non-hydrogen) atoms. The van der Waals surface area contributed by atoms with Crippen LogP contribution in [0.15, 0.2) is 18.2 Å². The van der Waals surface area contributed by atoms with E-state index in [1.54, 1.807) is 0 Å². The van der Waals surface area contributed by atoms with Crippen LogP contribution >= 0.6 is 0 Å². The molecule has 0 aromatic heterocycles. The third-order valence-corrected chi connectivity index (χ3v) is 3.49. The molecule has 1 rings (SSSR count). The highest BCUT2D eigenvalue weighted by Crippen LogP contribution is 2.20. The van der Waals surface area contributed by atoms with E-state index in [1.165, 1.54) is 5.56 Å². The molecule has 0 saturated heterocycles. The Labute approximate surface area is 116 Å². The van der Waals surface area contributed by atoms with Gasteiger partial charge in [-0.15, -0.1) is 0 Å². The Morgan fingerprint density at radius 3 is 2.58 bits per heavy atom. The van der Waals surface area contributed by atoms with E-state index in [0.29, 0.717) is 13.0 Å². The lowest BCUT2D eigenvalue weighted by molar-refractivity contribution is -0.122. The highest BCUT2D eigenvalue weighted by atomic mass is 16.5. The van der Waals surface area contributed by atoms with Gasteiger partial charge in [-0.2, -0.15) is 0 Å². The van der Waals surface area contributed by atoms with Gasteiger partial charge in [-0.1, -0.05) is 26.0 Å². The summed E-state index contributed by atoms with van der Waals surface area (Å²) in [4.78, 5) is 11.7. The number of carbonyl (C=O) groups is 1. The SMILES string of the molecule is CCC(CC)NC(=O)CCOc1cccc(C)c1C. The van der Waals surface area contributed by atoms with E-state index in [4.69, 9.17) is 4.74 Å². The summed E-state index contributed by atoms with van der Waals surface area (Å²) >= 11 is 0. The number of hydrogen-bond acceptors (Lipinski definition) is 2. The van der Waals surface area contributed by atoms with Gasteiger partial charge in [-0.05, 0) is 43.9 Å². The number of ether oxygens (including phenoxy) is 1. The number of nitrogens with one attached hydrogen (secondary N) is 1. The summed E-state index contributed by atoms with van der Waals surface area (Å²) in [6, 6.07) is 6.26. The smallest absolute Gasteiger partial charge is 0.223 e. The van der Waals surface area contributed by atoms with Crippen LogP contribution in [0.4, 0.5) is 0 Å². The molecule has 0 aliphatic carbocycles. The first-order valence-electron chi connectivity index (χ1n) is 7.06. The van der Waals surface area contributed by atoms with Crippen molar-refractivity contribution < 1.29 is 9.53 Å². The van der Waals surface area contributed by atoms with Crippen molar-refractivity contribution in [3.8, 4) is 5.75 Å². The van der Waals surface area contributed by atoms with Gasteiger partial charge in [-0.3, -0.25) is 4.79 Å². The maximum atomic E-state index is 11.7. The van der Waals surface area contributed by atoms with Crippen LogP contribution < -0.4 is 10.1 Å². The predicted octanol–water partition coefficient (Wildman–Crippen LogP) is 3.38. The number of amides is 1. The number of carbonyl (C=O) groups excluding carboxylic acids is 1. The van der Waals surface area contributed by atoms with Gasteiger partial charge in [0, 0.05) is 6.04 Å². The highest BCUT2D eigenvalue weighted by molar-refractivity contribution is 5.76. The molecule has 1 aromatic carbocycles. The van der Waals surface area contributed by atoms with Gasteiger partial charge in [0.1, 0.15) is 5.75 Å². The molecule has 3 nitrogen and oxygen atoms in total. The van der Waals surface area contributed by atoms with Gasteiger partial charge in [-0.25, -0.2) is 0 Å². The van der Waals surface area contributed by atoms with Gasteiger partial charge in [0.2, 0.25) is 5.91 Å². The fourth-order valence-corrected chi connectivity index (χ4v) is 1.93. The third-order valence-electron chi connectivity index (χ3n) is 3.49. The lowest BCUT2D eigenvalue weighted by Gasteiger charge is -2.15. The van der Waals surface area contributed by atoms with Crippen molar-refractivity contribution in [2.75, 3.05) is 6.61 Å². The van der Waals surface area contributed by atoms with E-state index in [0.717, 1.165) is 24.2 Å². The lowest BCUT2D eigenvalue weighted by atomic mass is 10.1. The summed E-state index contributed by atoms with van der Waals surface area (Å²) in [6.07, 6.45) is 2.35. The summed E-state index contributed by atoms with van der Waals surface area (Å²) < 4.78 is 5.68. The second kappa shape index (κ2) is 7.82. The Morgan fingerprint density at radius 2 is 1.95 bits per heavy atom. The Kier molecular flexibility index (Phi) is 6.40. The maximum Gasteiger partial charge on any atom is 0.223 e. The first kappa shape index (κ1) is 15.5. The van der Waals surface area contributed by atoms with Crippen LogP contribution in [0.25, 0.3) is 0 Å². The zero-order chi connectivity index (χ0) is 14.3. The molecule has 0 bridgehead atoms. The predicted molar refractivity (Wildman–Crippen MR) is 78.5 cm³/mol. The average molecular weight is 263 g/mol. The molecule has 0 saturated carbocycles. The average Bonchev–Trinajstić information content (AvgIpc) is 2.41. The van der Waals surface area contributed by atoms with Crippen LogP contribution in [0.2, 0.25) is 0 Å². The number of rotatable bonds is 7. The van der Waals surface area contributed by atoms with Crippen molar-refractivity contribution in [2.24, 2.45) is 0 Å². The maximum absolute atomic E-state index is 11.7. The van der Waals surface area contributed by atoms with Crippen LogP contribution in [-0.2, 0) is 4.79 Å². The van der Waals surface area contributed by atoms with Crippen LogP contribution in [0.1, 0.15) is 44.2 Å². The molecule has 0 unspecified atom stereocenters. The molecule has 0 aliphatic heterocycles. The van der Waals surface area contributed by atoms with Crippen LogP contribution in [-0.4, -0.2) is 18.6 Å². The molecule has 1 amide bonds. The van der Waals surface area contributed by atoms with E-state index in [1.807, 2.05) is 19.1 Å². The van der Waals surface area contributed by atoms with E-state index in [-0.39, 0.29) is 11.9 Å². The summed E-state index contributed by atoms with van der Waals surface area (Å²) in [5.74, 6) is 0.939. The molecule has 3 heteroatoms. The van der Waals surface area contributed by atoms with Crippen molar-refractivity contribution in [1.82, 2.24) is 5.32 Å². The molecule has 1 aromatic rings. The van der Waals surface area contributed by atoms with Crippen molar-refractivity contribution >= 4 is 5.91 Å². The molecule has 0 aliphatic rings. The van der Waals surface area contributed by atoms with Gasteiger partial charge in [0.25, 0.3) is 0 Å². The van der Waals surface area contributed by atoms with E-state index in [9.17, 15) is 4.79 Å². The van der Waals surface area contributed by atoms with Crippen LogP contribution in [0.3, 0.4) is 0 Å². The molecule has 0 heterocycles. The van der Waals surface area contributed by atoms with Crippen LogP contribution in [0.5, 0.6) is 5.75 Å². The molecular weight excluding hydrogens is 238 g/mol. The minimum absolute atomic E-state index is 0.0685. The van der Waals surface area contributed by atoms with E-state index < -0.39 is 0 Å². The third kappa shape index (κ3) is 4.93. The summed E-state index contributed by atoms with van der Waals surface area (Å²) in [5, 5.41) is 3.01. The van der Waals surface area contributed by atoms with Crippen molar-refractivity contribution in [1.29, 1.82) is 0 Å². The Morgan fingerprint density at radius 1 is 1.26 bits per heavy atom. The van der Waals surface area contributed by atoms with Crippen molar-refractivity contribution in [2.45, 2.75) is 53.0 Å². The minimum atomic E-state index is 0.0685. The molecule has 106 valence electrons. The van der Waals surface area contributed by atoms with Gasteiger partial charge >= 0.3 is 0 Å². The number of hydrogen-bond donors (Lipinski definition) is 1. The van der Waals surface area contributed by atoms with Crippen LogP contribution in [0, 0.1) is 13.8 Å². The topological polar surface area (TPSA) is 38.3 Å². The Hall–Kier alpha value is -1.51. The molecule has 0 spiro atoms. The largest absolute Gasteiger partial charge is 0.493 e. The molecule has 0 atom stereocenters. The highest BCUT2D eigenvalue weighted by Gasteiger charge is 2.08. The number of aryl methyl sites for hydroxylation is 1. The van der Waals surface area contributed by atoms with Crippen molar-refractivity contribution in [3.63, 3.8) is 0 Å².